The van der Waals surface area contributed by atoms with Crippen molar-refractivity contribution >= 4 is 11.0 Å². The van der Waals surface area contributed by atoms with Crippen molar-refractivity contribution in [1.29, 1.82) is 0 Å². The van der Waals surface area contributed by atoms with Gasteiger partial charge < -0.3 is 9.15 Å². The molecule has 0 bridgehead atoms. The summed E-state index contributed by atoms with van der Waals surface area (Å²) in [5, 5.41) is 0.464. The molecule has 0 radical (unpaired) electrons. The standard InChI is InChI=1S/C12H8O3/c1-3-8-7-15-11-6-9(14-2)4-5-10(11)12(8)13/h1,4-7H,2H3. The van der Waals surface area contributed by atoms with Gasteiger partial charge in [-0.2, -0.15) is 0 Å². The Kier molecular flexibility index (Phi) is 2.18. The number of rotatable bonds is 1. The minimum atomic E-state index is -0.193. The second kappa shape index (κ2) is 3.50. The van der Waals surface area contributed by atoms with Crippen molar-refractivity contribution in [3.63, 3.8) is 0 Å². The molecule has 0 aliphatic rings. The number of hydrogen-bond acceptors (Lipinski definition) is 3. The van der Waals surface area contributed by atoms with Crippen LogP contribution in [0.2, 0.25) is 0 Å². The highest BCUT2D eigenvalue weighted by atomic mass is 16.5. The van der Waals surface area contributed by atoms with Gasteiger partial charge in [-0.3, -0.25) is 4.79 Å². The summed E-state index contributed by atoms with van der Waals surface area (Å²) in [6.07, 6.45) is 6.44. The fourth-order valence-corrected chi connectivity index (χ4v) is 1.34. The van der Waals surface area contributed by atoms with Gasteiger partial charge in [-0.1, -0.05) is 5.92 Å². The summed E-state index contributed by atoms with van der Waals surface area (Å²) in [5.41, 5.74) is 0.507. The lowest BCUT2D eigenvalue weighted by molar-refractivity contribution is 0.414. The zero-order valence-corrected chi connectivity index (χ0v) is 8.11. The van der Waals surface area contributed by atoms with Crippen LogP contribution in [0.1, 0.15) is 5.56 Å². The van der Waals surface area contributed by atoms with Gasteiger partial charge in [0.2, 0.25) is 5.43 Å². The van der Waals surface area contributed by atoms with Crippen LogP contribution in [-0.2, 0) is 0 Å². The average molecular weight is 200 g/mol. The molecule has 15 heavy (non-hydrogen) atoms. The van der Waals surface area contributed by atoms with Crippen LogP contribution in [0.15, 0.2) is 33.7 Å². The monoisotopic (exact) mass is 200 g/mol. The van der Waals surface area contributed by atoms with Gasteiger partial charge in [-0.15, -0.1) is 6.42 Å². The van der Waals surface area contributed by atoms with Crippen molar-refractivity contribution in [1.82, 2.24) is 0 Å². The first kappa shape index (κ1) is 9.35. The molecular weight excluding hydrogens is 192 g/mol. The summed E-state index contributed by atoms with van der Waals surface area (Å²) >= 11 is 0. The van der Waals surface area contributed by atoms with E-state index in [1.807, 2.05) is 0 Å². The number of hydrogen-bond donors (Lipinski definition) is 0. The molecule has 74 valence electrons. The van der Waals surface area contributed by atoms with Gasteiger partial charge in [0.05, 0.1) is 12.5 Å². The van der Waals surface area contributed by atoms with Crippen LogP contribution < -0.4 is 10.2 Å². The van der Waals surface area contributed by atoms with E-state index in [0.29, 0.717) is 16.7 Å². The zero-order chi connectivity index (χ0) is 10.8. The predicted octanol–water partition coefficient (Wildman–Crippen LogP) is 1.78. The van der Waals surface area contributed by atoms with E-state index in [9.17, 15) is 4.79 Å². The van der Waals surface area contributed by atoms with Gasteiger partial charge in [-0.05, 0) is 12.1 Å². The molecule has 2 aromatic rings. The molecule has 1 aromatic carbocycles. The Bertz CT molecular complexity index is 602. The fourth-order valence-electron chi connectivity index (χ4n) is 1.34. The molecule has 0 aliphatic carbocycles. The molecule has 0 spiro atoms. The first-order valence-corrected chi connectivity index (χ1v) is 4.32. The second-order valence-corrected chi connectivity index (χ2v) is 2.98. The van der Waals surface area contributed by atoms with Gasteiger partial charge in [-0.25, -0.2) is 0 Å². The zero-order valence-electron chi connectivity index (χ0n) is 8.11. The van der Waals surface area contributed by atoms with Crippen molar-refractivity contribution in [3.8, 4) is 18.1 Å². The fraction of sp³-hybridized carbons (Fsp3) is 0.0833. The maximum absolute atomic E-state index is 11.7. The molecule has 0 saturated carbocycles. The van der Waals surface area contributed by atoms with Crippen molar-refractivity contribution < 1.29 is 9.15 Å². The summed E-state index contributed by atoms with van der Waals surface area (Å²) in [5.74, 6) is 2.92. The van der Waals surface area contributed by atoms with E-state index in [0.717, 1.165) is 0 Å². The Balaban J connectivity index is 2.81. The molecule has 2 rings (SSSR count). The van der Waals surface area contributed by atoms with Crippen LogP contribution in [0.25, 0.3) is 11.0 Å². The van der Waals surface area contributed by atoms with Gasteiger partial charge in [0, 0.05) is 6.07 Å². The Morgan fingerprint density at radius 3 is 2.93 bits per heavy atom. The number of methoxy groups -OCH3 is 1. The third-order valence-electron chi connectivity index (χ3n) is 2.14. The van der Waals surface area contributed by atoms with Crippen LogP contribution >= 0.6 is 0 Å². The maximum Gasteiger partial charge on any atom is 0.208 e. The van der Waals surface area contributed by atoms with Crippen LogP contribution in [-0.4, -0.2) is 7.11 Å². The van der Waals surface area contributed by atoms with Crippen LogP contribution in [0.5, 0.6) is 5.75 Å². The molecule has 0 aliphatic heterocycles. The normalized spacial score (nSPS) is 9.87. The number of ether oxygens (including phenoxy) is 1. The van der Waals surface area contributed by atoms with Gasteiger partial charge in [0.15, 0.2) is 0 Å². The number of benzene rings is 1. The lowest BCUT2D eigenvalue weighted by atomic mass is 10.2. The molecule has 3 heteroatoms. The van der Waals surface area contributed by atoms with Crippen LogP contribution in [0.4, 0.5) is 0 Å². The van der Waals surface area contributed by atoms with E-state index in [2.05, 4.69) is 5.92 Å². The van der Waals surface area contributed by atoms with Crippen molar-refractivity contribution in [2.75, 3.05) is 7.11 Å². The molecule has 0 amide bonds. The molecule has 1 aromatic heterocycles. The first-order valence-electron chi connectivity index (χ1n) is 4.32. The third-order valence-corrected chi connectivity index (χ3v) is 2.14. The first-order chi connectivity index (χ1) is 7.26. The minimum Gasteiger partial charge on any atom is -0.497 e. The van der Waals surface area contributed by atoms with E-state index in [1.54, 1.807) is 25.3 Å². The third kappa shape index (κ3) is 1.46. The van der Waals surface area contributed by atoms with Crippen LogP contribution in [0, 0.1) is 12.3 Å². The lowest BCUT2D eigenvalue weighted by Gasteiger charge is -2.01. The lowest BCUT2D eigenvalue weighted by Crippen LogP contribution is -2.05. The summed E-state index contributed by atoms with van der Waals surface area (Å²) in [7, 11) is 1.55. The largest absolute Gasteiger partial charge is 0.497 e. The van der Waals surface area contributed by atoms with Crippen molar-refractivity contribution in [2.24, 2.45) is 0 Å². The summed E-state index contributed by atoms with van der Waals surface area (Å²) < 4.78 is 10.3. The van der Waals surface area contributed by atoms with E-state index in [4.69, 9.17) is 15.6 Å². The maximum atomic E-state index is 11.7. The minimum absolute atomic E-state index is 0.193. The van der Waals surface area contributed by atoms with E-state index >= 15 is 0 Å². The van der Waals surface area contributed by atoms with E-state index < -0.39 is 0 Å². The van der Waals surface area contributed by atoms with Gasteiger partial charge >= 0.3 is 0 Å². The molecule has 0 saturated heterocycles. The van der Waals surface area contributed by atoms with Crippen molar-refractivity contribution in [2.45, 2.75) is 0 Å². The van der Waals surface area contributed by atoms with Gasteiger partial charge in [0.25, 0.3) is 0 Å². The quantitative estimate of drug-likeness (QED) is 0.659. The molecule has 0 atom stereocenters. The Morgan fingerprint density at radius 1 is 1.47 bits per heavy atom. The van der Waals surface area contributed by atoms with Gasteiger partial charge in [0.1, 0.15) is 23.2 Å². The summed E-state index contributed by atoms with van der Waals surface area (Å²) in [6, 6.07) is 4.98. The SMILES string of the molecule is C#Cc1coc2cc(OC)ccc2c1=O. The average Bonchev–Trinajstić information content (AvgIpc) is 2.29. The Labute approximate surface area is 86.3 Å². The highest BCUT2D eigenvalue weighted by molar-refractivity contribution is 5.79. The second-order valence-electron chi connectivity index (χ2n) is 2.98. The molecule has 0 N–H and O–H groups in total. The van der Waals surface area contributed by atoms with E-state index in [1.165, 1.54) is 6.26 Å². The van der Waals surface area contributed by atoms with Crippen molar-refractivity contribution in [3.05, 3.63) is 40.2 Å². The molecule has 0 unspecified atom stereocenters. The predicted molar refractivity (Wildman–Crippen MR) is 57.0 cm³/mol. The topological polar surface area (TPSA) is 39.4 Å². The molecule has 1 heterocycles. The van der Waals surface area contributed by atoms with Crippen LogP contribution in [0.3, 0.4) is 0 Å². The summed E-state index contributed by atoms with van der Waals surface area (Å²) in [6.45, 7) is 0. The Morgan fingerprint density at radius 2 is 2.27 bits per heavy atom. The highest BCUT2D eigenvalue weighted by Gasteiger charge is 2.05. The highest BCUT2D eigenvalue weighted by Crippen LogP contribution is 2.18. The Hall–Kier alpha value is -2.21. The smallest absolute Gasteiger partial charge is 0.208 e. The molecular formula is C12H8O3. The van der Waals surface area contributed by atoms with E-state index in [-0.39, 0.29) is 11.0 Å². The summed E-state index contributed by atoms with van der Waals surface area (Å²) in [4.78, 5) is 11.7. The number of terminal acetylenes is 1. The number of fused-ring (bicyclic) bond motifs is 1. The molecule has 0 fully saturated rings. The molecule has 3 nitrogen and oxygen atoms in total.